The van der Waals surface area contributed by atoms with Crippen molar-refractivity contribution in [3.05, 3.63) is 0 Å². The van der Waals surface area contributed by atoms with E-state index >= 15 is 0 Å². The van der Waals surface area contributed by atoms with Crippen LogP contribution in [0.1, 0.15) is 38.5 Å². The van der Waals surface area contributed by atoms with Gasteiger partial charge in [-0.2, -0.15) is 0 Å². The fraction of sp³-hybridized carbons (Fsp3) is 0.900. The number of carbonyl (C=O) groups is 1. The van der Waals surface area contributed by atoms with Crippen molar-refractivity contribution in [3.8, 4) is 0 Å². The molecule has 1 atom stereocenters. The van der Waals surface area contributed by atoms with Gasteiger partial charge in [0, 0.05) is 13.0 Å². The maximum Gasteiger partial charge on any atom is 0.303 e. The van der Waals surface area contributed by atoms with Gasteiger partial charge in [-0.1, -0.05) is 0 Å². The highest BCUT2D eigenvalue weighted by molar-refractivity contribution is 5.67. The molecule has 0 radical (unpaired) electrons. The van der Waals surface area contributed by atoms with E-state index in [1.54, 1.807) is 0 Å². The molecule has 0 aromatic heterocycles. The summed E-state index contributed by atoms with van der Waals surface area (Å²) in [4.78, 5) is 10.5. The molecule has 2 aliphatic rings. The predicted octanol–water partition coefficient (Wildman–Crippen LogP) is 1.81. The van der Waals surface area contributed by atoms with Gasteiger partial charge >= 0.3 is 5.97 Å². The fourth-order valence-corrected chi connectivity index (χ4v) is 2.47. The molecule has 1 aliphatic carbocycles. The first-order valence-corrected chi connectivity index (χ1v) is 5.06. The van der Waals surface area contributed by atoms with Gasteiger partial charge in [0.1, 0.15) is 0 Å². The number of carboxylic acids is 1. The van der Waals surface area contributed by atoms with Crippen molar-refractivity contribution in [3.63, 3.8) is 0 Å². The van der Waals surface area contributed by atoms with Crippen LogP contribution in [0.4, 0.5) is 0 Å². The molecular formula is C10H16O3. The molecule has 0 aromatic rings. The number of ether oxygens (including phenoxy) is 1. The van der Waals surface area contributed by atoms with Crippen LogP contribution in [0.3, 0.4) is 0 Å². The van der Waals surface area contributed by atoms with Crippen LogP contribution in [0.5, 0.6) is 0 Å². The van der Waals surface area contributed by atoms with Crippen LogP contribution in [0.2, 0.25) is 0 Å². The summed E-state index contributed by atoms with van der Waals surface area (Å²) in [6.07, 6.45) is 5.75. The van der Waals surface area contributed by atoms with E-state index in [1.807, 2.05) is 0 Å². The summed E-state index contributed by atoms with van der Waals surface area (Å²) in [6, 6.07) is 0. The van der Waals surface area contributed by atoms with Crippen molar-refractivity contribution in [2.24, 2.45) is 5.92 Å². The second-order valence-electron chi connectivity index (χ2n) is 4.34. The Kier molecular flexibility index (Phi) is 2.28. The highest BCUT2D eigenvalue weighted by atomic mass is 16.5. The lowest BCUT2D eigenvalue weighted by Gasteiger charge is -2.47. The van der Waals surface area contributed by atoms with Gasteiger partial charge in [-0.15, -0.1) is 0 Å². The smallest absolute Gasteiger partial charge is 0.303 e. The van der Waals surface area contributed by atoms with E-state index < -0.39 is 5.97 Å². The molecule has 0 amide bonds. The number of hydrogen-bond acceptors (Lipinski definition) is 2. The fourth-order valence-electron chi connectivity index (χ4n) is 2.47. The van der Waals surface area contributed by atoms with E-state index in [2.05, 4.69) is 0 Å². The highest BCUT2D eigenvalue weighted by Gasteiger charge is 2.42. The van der Waals surface area contributed by atoms with Crippen LogP contribution in [-0.4, -0.2) is 23.3 Å². The summed E-state index contributed by atoms with van der Waals surface area (Å²) < 4.78 is 5.72. The SMILES string of the molecule is O=C(O)CC1CCOC2(CCC2)C1. The molecule has 0 aromatic carbocycles. The molecule has 3 heteroatoms. The van der Waals surface area contributed by atoms with Crippen LogP contribution in [0.15, 0.2) is 0 Å². The molecule has 1 saturated heterocycles. The van der Waals surface area contributed by atoms with E-state index in [1.165, 1.54) is 6.42 Å². The van der Waals surface area contributed by atoms with Crippen LogP contribution in [0.25, 0.3) is 0 Å². The maximum absolute atomic E-state index is 10.5. The van der Waals surface area contributed by atoms with Crippen LogP contribution >= 0.6 is 0 Å². The Morgan fingerprint density at radius 3 is 2.85 bits per heavy atom. The lowest BCUT2D eigenvalue weighted by molar-refractivity contribution is -0.153. The molecular weight excluding hydrogens is 168 g/mol. The summed E-state index contributed by atoms with van der Waals surface area (Å²) in [6.45, 7) is 0.762. The maximum atomic E-state index is 10.5. The standard InChI is InChI=1S/C10H16O3/c11-9(12)6-8-2-5-13-10(7-8)3-1-4-10/h8H,1-7H2,(H,11,12). The second kappa shape index (κ2) is 3.29. The Labute approximate surface area is 78.1 Å². The molecule has 74 valence electrons. The van der Waals surface area contributed by atoms with Gasteiger partial charge in [0.2, 0.25) is 0 Å². The first-order chi connectivity index (χ1) is 6.20. The van der Waals surface area contributed by atoms with Crippen LogP contribution in [-0.2, 0) is 9.53 Å². The molecule has 0 bridgehead atoms. The number of rotatable bonds is 2. The van der Waals surface area contributed by atoms with Gasteiger partial charge in [0.25, 0.3) is 0 Å². The number of hydrogen-bond donors (Lipinski definition) is 1. The van der Waals surface area contributed by atoms with E-state index in [0.29, 0.717) is 12.3 Å². The van der Waals surface area contributed by atoms with Crippen molar-refractivity contribution in [1.29, 1.82) is 0 Å². The number of aliphatic carboxylic acids is 1. The zero-order valence-electron chi connectivity index (χ0n) is 7.79. The van der Waals surface area contributed by atoms with E-state index in [9.17, 15) is 4.79 Å². The average Bonchev–Trinajstić information content (AvgIpc) is 2.01. The summed E-state index contributed by atoms with van der Waals surface area (Å²) in [7, 11) is 0. The summed E-state index contributed by atoms with van der Waals surface area (Å²) in [5.41, 5.74) is 0.0956. The Balaban J connectivity index is 1.88. The molecule has 1 aliphatic heterocycles. The molecule has 1 N–H and O–H groups in total. The van der Waals surface area contributed by atoms with Crippen molar-refractivity contribution in [2.45, 2.75) is 44.1 Å². The largest absolute Gasteiger partial charge is 0.481 e. The van der Waals surface area contributed by atoms with Crippen LogP contribution < -0.4 is 0 Å². The minimum Gasteiger partial charge on any atom is -0.481 e. The average molecular weight is 184 g/mol. The molecule has 2 rings (SSSR count). The third-order valence-corrected chi connectivity index (χ3v) is 3.32. The third-order valence-electron chi connectivity index (χ3n) is 3.32. The quantitative estimate of drug-likeness (QED) is 0.712. The summed E-state index contributed by atoms with van der Waals surface area (Å²) >= 11 is 0. The Hall–Kier alpha value is -0.570. The lowest BCUT2D eigenvalue weighted by atomic mass is 9.71. The van der Waals surface area contributed by atoms with Crippen molar-refractivity contribution >= 4 is 5.97 Å². The molecule has 1 spiro atoms. The Morgan fingerprint density at radius 1 is 1.54 bits per heavy atom. The molecule has 1 unspecified atom stereocenters. The van der Waals surface area contributed by atoms with Gasteiger partial charge in [-0.05, 0) is 38.0 Å². The molecule has 3 nitrogen and oxygen atoms in total. The monoisotopic (exact) mass is 184 g/mol. The Bertz CT molecular complexity index is 208. The summed E-state index contributed by atoms with van der Waals surface area (Å²) in [5, 5.41) is 8.69. The topological polar surface area (TPSA) is 46.5 Å². The molecule has 2 fully saturated rings. The molecule has 1 saturated carbocycles. The zero-order chi connectivity index (χ0) is 9.31. The van der Waals surface area contributed by atoms with Gasteiger partial charge < -0.3 is 9.84 Å². The minimum absolute atomic E-state index is 0.0956. The van der Waals surface area contributed by atoms with Gasteiger partial charge in [-0.25, -0.2) is 0 Å². The first kappa shape index (κ1) is 9.00. The van der Waals surface area contributed by atoms with E-state index in [-0.39, 0.29) is 5.60 Å². The Morgan fingerprint density at radius 2 is 2.31 bits per heavy atom. The van der Waals surface area contributed by atoms with Crippen LogP contribution in [0, 0.1) is 5.92 Å². The van der Waals surface area contributed by atoms with Gasteiger partial charge in [-0.3, -0.25) is 4.79 Å². The van der Waals surface area contributed by atoms with Gasteiger partial charge in [0.05, 0.1) is 5.60 Å². The highest BCUT2D eigenvalue weighted by Crippen LogP contribution is 2.44. The third kappa shape index (κ3) is 1.85. The molecule has 13 heavy (non-hydrogen) atoms. The summed E-state index contributed by atoms with van der Waals surface area (Å²) in [5.74, 6) is -0.312. The van der Waals surface area contributed by atoms with E-state index in [4.69, 9.17) is 9.84 Å². The lowest BCUT2D eigenvalue weighted by Crippen LogP contribution is -2.45. The molecule has 1 heterocycles. The van der Waals surface area contributed by atoms with Crippen molar-refractivity contribution in [1.82, 2.24) is 0 Å². The number of carboxylic acid groups (broad SMARTS) is 1. The predicted molar refractivity (Wildman–Crippen MR) is 47.5 cm³/mol. The minimum atomic E-state index is -0.665. The zero-order valence-corrected chi connectivity index (χ0v) is 7.79. The van der Waals surface area contributed by atoms with Gasteiger partial charge in [0.15, 0.2) is 0 Å². The van der Waals surface area contributed by atoms with E-state index in [0.717, 1.165) is 32.3 Å². The second-order valence-corrected chi connectivity index (χ2v) is 4.34. The first-order valence-electron chi connectivity index (χ1n) is 5.06. The normalized spacial score (nSPS) is 31.2. The van der Waals surface area contributed by atoms with Crippen molar-refractivity contribution < 1.29 is 14.6 Å². The van der Waals surface area contributed by atoms with Crippen molar-refractivity contribution in [2.75, 3.05) is 6.61 Å².